The first-order chi connectivity index (χ1) is 12.2. The van der Waals surface area contributed by atoms with E-state index in [9.17, 15) is 9.18 Å². The van der Waals surface area contributed by atoms with Crippen molar-refractivity contribution in [2.24, 2.45) is 0 Å². The molecule has 4 rings (SSSR count). The molecule has 2 aromatic rings. The van der Waals surface area contributed by atoms with Crippen LogP contribution in [0.5, 0.6) is 11.5 Å². The standard InChI is InChI=1S/C19H19FN2O3/c20-15-4-2-1-3-14(15)19(7-8-19)11-22-18(23)21-10-13-5-6-16-17(9-13)25-12-24-16/h1-6,9H,7-8,10-12H2,(H2,21,22,23). The molecular weight excluding hydrogens is 323 g/mol. The minimum Gasteiger partial charge on any atom is -0.454 e. The van der Waals surface area contributed by atoms with Gasteiger partial charge in [-0.2, -0.15) is 0 Å². The van der Waals surface area contributed by atoms with Gasteiger partial charge in [0.2, 0.25) is 6.79 Å². The van der Waals surface area contributed by atoms with E-state index >= 15 is 0 Å². The predicted octanol–water partition coefficient (Wildman–Crippen LogP) is 3.09. The Labute approximate surface area is 145 Å². The van der Waals surface area contributed by atoms with Crippen LogP contribution in [0, 0.1) is 5.82 Å². The summed E-state index contributed by atoms with van der Waals surface area (Å²) in [6.45, 7) is 1.04. The molecule has 0 spiro atoms. The molecule has 1 saturated carbocycles. The second kappa shape index (κ2) is 6.27. The van der Waals surface area contributed by atoms with E-state index < -0.39 is 0 Å². The van der Waals surface area contributed by atoms with Crippen molar-refractivity contribution in [3.05, 3.63) is 59.4 Å². The molecule has 0 unspecified atom stereocenters. The lowest BCUT2D eigenvalue weighted by Crippen LogP contribution is -2.39. The molecule has 2 aliphatic rings. The van der Waals surface area contributed by atoms with E-state index in [2.05, 4.69) is 10.6 Å². The average molecular weight is 342 g/mol. The lowest BCUT2D eigenvalue weighted by atomic mass is 9.95. The molecule has 0 atom stereocenters. The van der Waals surface area contributed by atoms with Gasteiger partial charge in [0.1, 0.15) is 5.82 Å². The normalized spacial score (nSPS) is 16.4. The number of ether oxygens (including phenoxy) is 2. The zero-order valence-corrected chi connectivity index (χ0v) is 13.7. The second-order valence-electron chi connectivity index (χ2n) is 6.48. The Kier molecular flexibility index (Phi) is 3.95. The van der Waals surface area contributed by atoms with Crippen molar-refractivity contribution in [2.75, 3.05) is 13.3 Å². The molecule has 0 bridgehead atoms. The van der Waals surface area contributed by atoms with Crippen LogP contribution in [-0.2, 0) is 12.0 Å². The SMILES string of the molecule is O=C(NCc1ccc2c(c1)OCO2)NCC1(c2ccccc2F)CC1. The van der Waals surface area contributed by atoms with Crippen LogP contribution in [0.3, 0.4) is 0 Å². The topological polar surface area (TPSA) is 59.6 Å². The third-order valence-corrected chi connectivity index (χ3v) is 4.78. The molecule has 2 amide bonds. The highest BCUT2D eigenvalue weighted by atomic mass is 19.1. The van der Waals surface area contributed by atoms with Gasteiger partial charge in [-0.15, -0.1) is 0 Å². The molecular formula is C19H19FN2O3. The number of hydrogen-bond donors (Lipinski definition) is 2. The van der Waals surface area contributed by atoms with Gasteiger partial charge in [-0.25, -0.2) is 9.18 Å². The Bertz CT molecular complexity index is 805. The highest BCUT2D eigenvalue weighted by Gasteiger charge is 2.45. The summed E-state index contributed by atoms with van der Waals surface area (Å²) in [6, 6.07) is 12.1. The average Bonchev–Trinajstić information content (AvgIpc) is 3.27. The summed E-state index contributed by atoms with van der Waals surface area (Å²) < 4.78 is 24.6. The van der Waals surface area contributed by atoms with Gasteiger partial charge < -0.3 is 20.1 Å². The first-order valence-electron chi connectivity index (χ1n) is 8.32. The van der Waals surface area contributed by atoms with Gasteiger partial charge >= 0.3 is 6.03 Å². The lowest BCUT2D eigenvalue weighted by molar-refractivity contribution is 0.174. The molecule has 1 fully saturated rings. The molecule has 6 heteroatoms. The van der Waals surface area contributed by atoms with Crippen molar-refractivity contribution >= 4 is 6.03 Å². The van der Waals surface area contributed by atoms with Gasteiger partial charge in [-0.1, -0.05) is 24.3 Å². The fraction of sp³-hybridized carbons (Fsp3) is 0.316. The Balaban J connectivity index is 1.30. The van der Waals surface area contributed by atoms with Crippen molar-refractivity contribution in [1.82, 2.24) is 10.6 Å². The molecule has 130 valence electrons. The van der Waals surface area contributed by atoms with Crippen LogP contribution in [0.15, 0.2) is 42.5 Å². The minimum absolute atomic E-state index is 0.206. The smallest absolute Gasteiger partial charge is 0.315 e. The van der Waals surface area contributed by atoms with Gasteiger partial charge in [0.25, 0.3) is 0 Å². The lowest BCUT2D eigenvalue weighted by Gasteiger charge is -2.17. The Morgan fingerprint density at radius 3 is 2.68 bits per heavy atom. The maximum Gasteiger partial charge on any atom is 0.315 e. The maximum atomic E-state index is 14.0. The zero-order chi connectivity index (χ0) is 17.3. The first kappa shape index (κ1) is 15.7. The van der Waals surface area contributed by atoms with Crippen LogP contribution in [-0.4, -0.2) is 19.4 Å². The summed E-state index contributed by atoms with van der Waals surface area (Å²) in [7, 11) is 0. The van der Waals surface area contributed by atoms with E-state index in [1.165, 1.54) is 6.07 Å². The summed E-state index contributed by atoms with van der Waals surface area (Å²) in [4.78, 5) is 12.1. The van der Waals surface area contributed by atoms with E-state index in [0.717, 1.165) is 18.4 Å². The van der Waals surface area contributed by atoms with Crippen molar-refractivity contribution in [3.63, 3.8) is 0 Å². The van der Waals surface area contributed by atoms with E-state index in [-0.39, 0.29) is 24.1 Å². The van der Waals surface area contributed by atoms with E-state index in [0.29, 0.717) is 30.2 Å². The number of benzene rings is 2. The maximum absolute atomic E-state index is 14.0. The van der Waals surface area contributed by atoms with Crippen molar-refractivity contribution in [1.29, 1.82) is 0 Å². The number of carbonyl (C=O) groups excluding carboxylic acids is 1. The fourth-order valence-electron chi connectivity index (χ4n) is 3.13. The largest absolute Gasteiger partial charge is 0.454 e. The summed E-state index contributed by atoms with van der Waals surface area (Å²) in [5.41, 5.74) is 1.35. The molecule has 1 aliphatic carbocycles. The highest BCUT2D eigenvalue weighted by Crippen LogP contribution is 2.48. The predicted molar refractivity (Wildman–Crippen MR) is 90.1 cm³/mol. The molecule has 2 N–H and O–H groups in total. The van der Waals surface area contributed by atoms with Gasteiger partial charge in [-0.05, 0) is 42.2 Å². The van der Waals surface area contributed by atoms with Gasteiger partial charge in [0.15, 0.2) is 11.5 Å². The van der Waals surface area contributed by atoms with Crippen LogP contribution in [0.25, 0.3) is 0 Å². The van der Waals surface area contributed by atoms with E-state index in [4.69, 9.17) is 9.47 Å². The number of fused-ring (bicyclic) bond motifs is 1. The number of rotatable bonds is 5. The van der Waals surface area contributed by atoms with Gasteiger partial charge in [-0.3, -0.25) is 0 Å². The molecule has 2 aromatic carbocycles. The monoisotopic (exact) mass is 342 g/mol. The molecule has 1 aliphatic heterocycles. The Morgan fingerprint density at radius 1 is 1.08 bits per heavy atom. The zero-order valence-electron chi connectivity index (χ0n) is 13.7. The van der Waals surface area contributed by atoms with Gasteiger partial charge in [0, 0.05) is 18.5 Å². The van der Waals surface area contributed by atoms with Gasteiger partial charge in [0.05, 0.1) is 0 Å². The molecule has 5 nitrogen and oxygen atoms in total. The van der Waals surface area contributed by atoms with Crippen molar-refractivity contribution < 1.29 is 18.7 Å². The highest BCUT2D eigenvalue weighted by molar-refractivity contribution is 5.74. The van der Waals surface area contributed by atoms with Crippen LogP contribution in [0.2, 0.25) is 0 Å². The number of halogens is 1. The van der Waals surface area contributed by atoms with Crippen molar-refractivity contribution in [3.8, 4) is 11.5 Å². The molecule has 0 radical (unpaired) electrons. The third-order valence-electron chi connectivity index (χ3n) is 4.78. The Hall–Kier alpha value is -2.76. The molecule has 1 heterocycles. The van der Waals surface area contributed by atoms with E-state index in [1.807, 2.05) is 24.3 Å². The molecule has 0 saturated heterocycles. The summed E-state index contributed by atoms with van der Waals surface area (Å²) in [5.74, 6) is 1.20. The third kappa shape index (κ3) is 3.24. The first-order valence-corrected chi connectivity index (χ1v) is 8.32. The van der Waals surface area contributed by atoms with Crippen molar-refractivity contribution in [2.45, 2.75) is 24.8 Å². The number of nitrogens with one attached hydrogen (secondary N) is 2. The number of amides is 2. The quantitative estimate of drug-likeness (QED) is 0.878. The summed E-state index contributed by atoms with van der Waals surface area (Å²) in [5, 5.41) is 5.68. The minimum atomic E-state index is -0.264. The fourth-order valence-corrected chi connectivity index (χ4v) is 3.13. The Morgan fingerprint density at radius 2 is 1.88 bits per heavy atom. The van der Waals surface area contributed by atoms with Crippen LogP contribution < -0.4 is 20.1 Å². The second-order valence-corrected chi connectivity index (χ2v) is 6.48. The number of urea groups is 1. The number of carbonyl (C=O) groups is 1. The van der Waals surface area contributed by atoms with Crippen LogP contribution in [0.4, 0.5) is 9.18 Å². The molecule has 0 aromatic heterocycles. The van der Waals surface area contributed by atoms with Crippen LogP contribution >= 0.6 is 0 Å². The summed E-state index contributed by atoms with van der Waals surface area (Å²) >= 11 is 0. The number of hydrogen-bond acceptors (Lipinski definition) is 3. The van der Waals surface area contributed by atoms with E-state index in [1.54, 1.807) is 12.1 Å². The van der Waals surface area contributed by atoms with Crippen LogP contribution in [0.1, 0.15) is 24.0 Å². The molecule has 25 heavy (non-hydrogen) atoms. The summed E-state index contributed by atoms with van der Waals surface area (Å²) in [6.07, 6.45) is 1.77.